The van der Waals surface area contributed by atoms with Crippen LogP contribution in [0.1, 0.15) is 0 Å². The summed E-state index contributed by atoms with van der Waals surface area (Å²) in [5.74, 6) is 1.12. The molecule has 0 saturated carbocycles. The zero-order valence-corrected chi connectivity index (χ0v) is 12.5. The Bertz CT molecular complexity index is 714. The summed E-state index contributed by atoms with van der Waals surface area (Å²) in [6, 6.07) is 11.6. The van der Waals surface area contributed by atoms with E-state index in [1.54, 1.807) is 30.3 Å². The van der Waals surface area contributed by atoms with Crippen molar-refractivity contribution in [2.24, 2.45) is 0 Å². The molecule has 2 aromatic rings. The molecule has 4 nitrogen and oxygen atoms in total. The van der Waals surface area contributed by atoms with Crippen molar-refractivity contribution < 1.29 is 13.2 Å². The van der Waals surface area contributed by atoms with Crippen molar-refractivity contribution in [2.75, 3.05) is 12.0 Å². The van der Waals surface area contributed by atoms with Crippen molar-refractivity contribution in [3.63, 3.8) is 0 Å². The van der Waals surface area contributed by atoms with Gasteiger partial charge in [0.25, 0.3) is 0 Å². The second kappa shape index (κ2) is 5.22. The van der Waals surface area contributed by atoms with E-state index in [1.807, 2.05) is 0 Å². The first-order chi connectivity index (χ1) is 8.86. The predicted octanol–water partition coefficient (Wildman–Crippen LogP) is 3.23. The summed E-state index contributed by atoms with van der Waals surface area (Å²) in [4.78, 5) is 0.235. The minimum atomic E-state index is -3.23. The number of sulfone groups is 1. The maximum atomic E-state index is 11.4. The van der Waals surface area contributed by atoms with Crippen molar-refractivity contribution in [1.29, 1.82) is 0 Å². The van der Waals surface area contributed by atoms with Gasteiger partial charge in [-0.05, 0) is 46.3 Å². The molecule has 2 N–H and O–H groups in total. The Morgan fingerprint density at radius 2 is 1.89 bits per heavy atom. The van der Waals surface area contributed by atoms with E-state index in [0.717, 1.165) is 6.26 Å². The second-order valence-electron chi connectivity index (χ2n) is 4.04. The van der Waals surface area contributed by atoms with Crippen LogP contribution in [0.25, 0.3) is 0 Å². The third-order valence-electron chi connectivity index (χ3n) is 2.42. The number of hydrogen-bond acceptors (Lipinski definition) is 4. The minimum absolute atomic E-state index is 0.235. The average molecular weight is 342 g/mol. The molecule has 6 heteroatoms. The molecular weight excluding hydrogens is 330 g/mol. The molecular formula is C13H12BrNO3S. The first-order valence-corrected chi connectivity index (χ1v) is 8.08. The summed E-state index contributed by atoms with van der Waals surface area (Å²) in [7, 11) is -3.23. The standard InChI is InChI=1S/C13H12BrNO3S/c1-19(16,17)11-5-6-13(12(14)8-11)18-10-4-2-3-9(15)7-10/h2-8H,15H2,1H3. The van der Waals surface area contributed by atoms with E-state index in [0.29, 0.717) is 21.7 Å². The molecule has 0 bridgehead atoms. The van der Waals surface area contributed by atoms with Crippen LogP contribution >= 0.6 is 15.9 Å². The van der Waals surface area contributed by atoms with Gasteiger partial charge in [-0.1, -0.05) is 6.07 Å². The Morgan fingerprint density at radius 3 is 2.47 bits per heavy atom. The lowest BCUT2D eigenvalue weighted by Gasteiger charge is -2.09. The number of nitrogens with two attached hydrogens (primary N) is 1. The van der Waals surface area contributed by atoms with Crippen molar-refractivity contribution >= 4 is 31.5 Å². The van der Waals surface area contributed by atoms with Gasteiger partial charge in [-0.25, -0.2) is 8.42 Å². The van der Waals surface area contributed by atoms with Gasteiger partial charge < -0.3 is 10.5 Å². The summed E-state index contributed by atoms with van der Waals surface area (Å²) >= 11 is 3.29. The number of nitrogen functional groups attached to an aromatic ring is 1. The number of rotatable bonds is 3. The van der Waals surface area contributed by atoms with Crippen molar-refractivity contribution in [1.82, 2.24) is 0 Å². The Kier molecular flexibility index (Phi) is 3.82. The highest BCUT2D eigenvalue weighted by Gasteiger charge is 2.11. The van der Waals surface area contributed by atoms with Gasteiger partial charge in [-0.2, -0.15) is 0 Å². The van der Waals surface area contributed by atoms with Crippen molar-refractivity contribution in [2.45, 2.75) is 4.90 Å². The molecule has 0 spiro atoms. The molecule has 0 aliphatic rings. The minimum Gasteiger partial charge on any atom is -0.456 e. The van der Waals surface area contributed by atoms with Crippen LogP contribution in [0.5, 0.6) is 11.5 Å². The third kappa shape index (κ3) is 3.48. The zero-order valence-electron chi connectivity index (χ0n) is 10.1. The average Bonchev–Trinajstić information content (AvgIpc) is 2.30. The number of halogens is 1. The number of benzene rings is 2. The Labute approximate surface area is 120 Å². The summed E-state index contributed by atoms with van der Waals surface area (Å²) in [5, 5.41) is 0. The van der Waals surface area contributed by atoms with Crippen LogP contribution in [0.15, 0.2) is 51.8 Å². The molecule has 19 heavy (non-hydrogen) atoms. The maximum absolute atomic E-state index is 11.4. The van der Waals surface area contributed by atoms with E-state index < -0.39 is 9.84 Å². The van der Waals surface area contributed by atoms with Crippen LogP contribution in [-0.4, -0.2) is 14.7 Å². The highest BCUT2D eigenvalue weighted by Crippen LogP contribution is 2.32. The SMILES string of the molecule is CS(=O)(=O)c1ccc(Oc2cccc(N)c2)c(Br)c1. The van der Waals surface area contributed by atoms with E-state index in [-0.39, 0.29) is 4.90 Å². The topological polar surface area (TPSA) is 69.4 Å². The Morgan fingerprint density at radius 1 is 1.16 bits per heavy atom. The molecule has 0 aromatic heterocycles. The van der Waals surface area contributed by atoms with Gasteiger partial charge in [-0.15, -0.1) is 0 Å². The van der Waals surface area contributed by atoms with Crippen LogP contribution in [0, 0.1) is 0 Å². The van der Waals surface area contributed by atoms with E-state index in [4.69, 9.17) is 10.5 Å². The zero-order chi connectivity index (χ0) is 14.0. The molecule has 0 fully saturated rings. The van der Waals surface area contributed by atoms with Crippen molar-refractivity contribution in [3.8, 4) is 11.5 Å². The smallest absolute Gasteiger partial charge is 0.175 e. The van der Waals surface area contributed by atoms with Crippen LogP contribution < -0.4 is 10.5 Å². The maximum Gasteiger partial charge on any atom is 0.175 e. The van der Waals surface area contributed by atoms with E-state index in [1.165, 1.54) is 12.1 Å². The summed E-state index contributed by atoms with van der Waals surface area (Å²) in [6.45, 7) is 0. The van der Waals surface area contributed by atoms with Crippen LogP contribution in [-0.2, 0) is 9.84 Å². The van der Waals surface area contributed by atoms with E-state index >= 15 is 0 Å². The highest BCUT2D eigenvalue weighted by atomic mass is 79.9. The number of anilines is 1. The summed E-state index contributed by atoms with van der Waals surface area (Å²) in [6.07, 6.45) is 1.16. The van der Waals surface area contributed by atoms with Crippen LogP contribution in [0.4, 0.5) is 5.69 Å². The monoisotopic (exact) mass is 341 g/mol. The van der Waals surface area contributed by atoms with Gasteiger partial charge in [0.2, 0.25) is 0 Å². The van der Waals surface area contributed by atoms with Crippen LogP contribution in [0.2, 0.25) is 0 Å². The first-order valence-electron chi connectivity index (χ1n) is 5.39. The lowest BCUT2D eigenvalue weighted by atomic mass is 10.3. The second-order valence-corrected chi connectivity index (χ2v) is 6.91. The molecule has 0 saturated heterocycles. The molecule has 0 radical (unpaired) electrons. The summed E-state index contributed by atoms with van der Waals surface area (Å²) < 4.78 is 29.0. The molecule has 100 valence electrons. The number of ether oxygens (including phenoxy) is 1. The van der Waals surface area contributed by atoms with Gasteiger partial charge in [0.1, 0.15) is 11.5 Å². The van der Waals surface area contributed by atoms with E-state index in [2.05, 4.69) is 15.9 Å². The van der Waals surface area contributed by atoms with Crippen LogP contribution in [0.3, 0.4) is 0 Å². The lowest BCUT2D eigenvalue weighted by molar-refractivity contribution is 0.479. The van der Waals surface area contributed by atoms with Gasteiger partial charge in [0.15, 0.2) is 9.84 Å². The molecule has 0 aliphatic carbocycles. The summed E-state index contributed by atoms with van der Waals surface area (Å²) in [5.41, 5.74) is 6.26. The van der Waals surface area contributed by atoms with Gasteiger partial charge in [0.05, 0.1) is 9.37 Å². The Hall–Kier alpha value is -1.53. The first kappa shape index (κ1) is 13.9. The molecule has 0 heterocycles. The van der Waals surface area contributed by atoms with Crippen molar-refractivity contribution in [3.05, 3.63) is 46.9 Å². The fourth-order valence-corrected chi connectivity index (χ4v) is 2.76. The highest BCUT2D eigenvalue weighted by molar-refractivity contribution is 9.10. The number of hydrogen-bond donors (Lipinski definition) is 1. The predicted molar refractivity (Wildman–Crippen MR) is 78.2 cm³/mol. The molecule has 2 rings (SSSR count). The molecule has 0 amide bonds. The van der Waals surface area contributed by atoms with Gasteiger partial charge >= 0.3 is 0 Å². The fourth-order valence-electron chi connectivity index (χ4n) is 1.50. The molecule has 0 aliphatic heterocycles. The quantitative estimate of drug-likeness (QED) is 0.870. The largest absolute Gasteiger partial charge is 0.456 e. The lowest BCUT2D eigenvalue weighted by Crippen LogP contribution is -1.97. The molecule has 2 aromatic carbocycles. The third-order valence-corrected chi connectivity index (χ3v) is 4.15. The van der Waals surface area contributed by atoms with Gasteiger partial charge in [-0.3, -0.25) is 0 Å². The molecule has 0 atom stereocenters. The fraction of sp³-hybridized carbons (Fsp3) is 0.0769. The Balaban J connectivity index is 2.32. The molecule has 0 unspecified atom stereocenters. The normalized spacial score (nSPS) is 11.3. The van der Waals surface area contributed by atoms with E-state index in [9.17, 15) is 8.42 Å². The van der Waals surface area contributed by atoms with Gasteiger partial charge in [0, 0.05) is 18.0 Å².